The Labute approximate surface area is 131 Å². The minimum atomic E-state index is -1.14. The van der Waals surface area contributed by atoms with Gasteiger partial charge in [-0.3, -0.25) is 4.79 Å². The van der Waals surface area contributed by atoms with E-state index < -0.39 is 12.0 Å². The van der Waals surface area contributed by atoms with Crippen molar-refractivity contribution in [2.75, 3.05) is 12.4 Å². The molecule has 0 aromatic heterocycles. The van der Waals surface area contributed by atoms with E-state index in [-0.39, 0.29) is 0 Å². The van der Waals surface area contributed by atoms with Gasteiger partial charge in [-0.25, -0.2) is 0 Å². The highest BCUT2D eigenvalue weighted by Gasteiger charge is 2.29. The van der Waals surface area contributed by atoms with Crippen LogP contribution >= 0.6 is 23.4 Å². The Morgan fingerprint density at radius 1 is 1.29 bits per heavy atom. The molecule has 1 aliphatic heterocycles. The summed E-state index contributed by atoms with van der Waals surface area (Å²) in [6.45, 7) is 0. The van der Waals surface area contributed by atoms with E-state index >= 15 is 0 Å². The molecule has 0 bridgehead atoms. The standard InChI is InChI=1S/C15H12ClNO3S/c1-20-8-2-4-9(5-3-8)21-13-7-12-10(6-11(13)16)14(18)15(19)17-12/h2-7,14,18H,1H3,(H,17,19). The lowest BCUT2D eigenvalue weighted by Crippen LogP contribution is -2.10. The van der Waals surface area contributed by atoms with E-state index in [1.807, 2.05) is 24.3 Å². The smallest absolute Gasteiger partial charge is 0.257 e. The number of ether oxygens (including phenoxy) is 1. The Morgan fingerprint density at radius 3 is 2.67 bits per heavy atom. The van der Waals surface area contributed by atoms with Crippen molar-refractivity contribution < 1.29 is 14.6 Å². The number of halogens is 1. The molecule has 0 aliphatic carbocycles. The molecule has 0 fully saturated rings. The number of aliphatic hydroxyl groups is 1. The number of carbonyl (C=O) groups excluding carboxylic acids is 1. The number of methoxy groups -OCH3 is 1. The molecule has 6 heteroatoms. The minimum absolute atomic E-state index is 0.423. The molecule has 0 saturated carbocycles. The van der Waals surface area contributed by atoms with Crippen LogP contribution in [0.2, 0.25) is 5.02 Å². The zero-order valence-electron chi connectivity index (χ0n) is 11.1. The lowest BCUT2D eigenvalue weighted by Gasteiger charge is -2.08. The summed E-state index contributed by atoms with van der Waals surface area (Å²) in [5.41, 5.74) is 1.12. The van der Waals surface area contributed by atoms with Crippen LogP contribution in [0.4, 0.5) is 5.69 Å². The zero-order chi connectivity index (χ0) is 15.0. The topological polar surface area (TPSA) is 58.6 Å². The van der Waals surface area contributed by atoms with Gasteiger partial charge in [0, 0.05) is 21.0 Å². The van der Waals surface area contributed by atoms with Crippen LogP contribution in [0.1, 0.15) is 11.7 Å². The molecule has 108 valence electrons. The quantitative estimate of drug-likeness (QED) is 0.908. The summed E-state index contributed by atoms with van der Waals surface area (Å²) in [5.74, 6) is 0.363. The van der Waals surface area contributed by atoms with Crippen molar-refractivity contribution >= 4 is 35.0 Å². The fraction of sp³-hybridized carbons (Fsp3) is 0.133. The van der Waals surface area contributed by atoms with Gasteiger partial charge in [0.1, 0.15) is 5.75 Å². The summed E-state index contributed by atoms with van der Waals surface area (Å²) in [6.07, 6.45) is -1.14. The highest BCUT2D eigenvalue weighted by atomic mass is 35.5. The number of nitrogens with one attached hydrogen (secondary N) is 1. The summed E-state index contributed by atoms with van der Waals surface area (Å²) < 4.78 is 5.12. The molecule has 3 rings (SSSR count). The molecule has 0 spiro atoms. The Balaban J connectivity index is 1.89. The molecule has 1 amide bonds. The molecular weight excluding hydrogens is 310 g/mol. The van der Waals surface area contributed by atoms with Gasteiger partial charge in [0.15, 0.2) is 6.10 Å². The van der Waals surface area contributed by atoms with Gasteiger partial charge in [0.05, 0.1) is 12.1 Å². The Hall–Kier alpha value is -1.69. The van der Waals surface area contributed by atoms with E-state index in [0.29, 0.717) is 16.3 Å². The first-order valence-electron chi connectivity index (χ1n) is 6.23. The lowest BCUT2D eigenvalue weighted by molar-refractivity contribution is -0.123. The third-order valence-electron chi connectivity index (χ3n) is 3.19. The Kier molecular flexibility index (Phi) is 3.80. The first kappa shape index (κ1) is 14.3. The van der Waals surface area contributed by atoms with Crippen molar-refractivity contribution in [3.8, 4) is 5.75 Å². The SMILES string of the molecule is COc1ccc(Sc2cc3c(cc2Cl)C(O)C(=O)N3)cc1. The van der Waals surface area contributed by atoms with Gasteiger partial charge < -0.3 is 15.2 Å². The van der Waals surface area contributed by atoms with Gasteiger partial charge in [-0.15, -0.1) is 0 Å². The van der Waals surface area contributed by atoms with Gasteiger partial charge in [-0.2, -0.15) is 0 Å². The number of anilines is 1. The second-order valence-corrected chi connectivity index (χ2v) is 6.06. The molecule has 1 atom stereocenters. The maximum atomic E-state index is 11.5. The van der Waals surface area contributed by atoms with E-state index in [1.165, 1.54) is 11.8 Å². The van der Waals surface area contributed by atoms with Crippen molar-refractivity contribution in [3.05, 3.63) is 47.0 Å². The van der Waals surface area contributed by atoms with Gasteiger partial charge in [-0.05, 0) is 36.4 Å². The van der Waals surface area contributed by atoms with Crippen LogP contribution in [0.15, 0.2) is 46.2 Å². The maximum absolute atomic E-state index is 11.5. The summed E-state index contributed by atoms with van der Waals surface area (Å²) in [5, 5.41) is 12.9. The van der Waals surface area contributed by atoms with Crippen molar-refractivity contribution in [2.45, 2.75) is 15.9 Å². The predicted octanol–water partition coefficient (Wildman–Crippen LogP) is 3.49. The number of carbonyl (C=O) groups is 1. The first-order valence-corrected chi connectivity index (χ1v) is 7.42. The van der Waals surface area contributed by atoms with Crippen LogP contribution in [-0.4, -0.2) is 18.1 Å². The molecule has 2 aromatic carbocycles. The van der Waals surface area contributed by atoms with Crippen LogP contribution < -0.4 is 10.1 Å². The van der Waals surface area contributed by atoms with Gasteiger partial charge >= 0.3 is 0 Å². The maximum Gasteiger partial charge on any atom is 0.257 e. The Bertz CT molecular complexity index is 703. The number of amides is 1. The fourth-order valence-corrected chi connectivity index (χ4v) is 3.24. The van der Waals surface area contributed by atoms with Crippen molar-refractivity contribution in [1.82, 2.24) is 0 Å². The second kappa shape index (κ2) is 5.60. The number of benzene rings is 2. The average molecular weight is 322 g/mol. The molecule has 0 radical (unpaired) electrons. The summed E-state index contributed by atoms with van der Waals surface area (Å²) in [7, 11) is 1.62. The van der Waals surface area contributed by atoms with E-state index in [4.69, 9.17) is 16.3 Å². The molecule has 2 N–H and O–H groups in total. The van der Waals surface area contributed by atoms with Gasteiger partial charge in [-0.1, -0.05) is 23.4 Å². The third kappa shape index (κ3) is 2.72. The predicted molar refractivity (Wildman–Crippen MR) is 82.2 cm³/mol. The van der Waals surface area contributed by atoms with Crippen LogP contribution in [0.25, 0.3) is 0 Å². The van der Waals surface area contributed by atoms with E-state index in [0.717, 1.165) is 15.5 Å². The highest BCUT2D eigenvalue weighted by molar-refractivity contribution is 7.99. The molecule has 4 nitrogen and oxygen atoms in total. The van der Waals surface area contributed by atoms with Gasteiger partial charge in [0.25, 0.3) is 5.91 Å². The van der Waals surface area contributed by atoms with E-state index in [1.54, 1.807) is 19.2 Å². The number of hydrogen-bond acceptors (Lipinski definition) is 4. The fourth-order valence-electron chi connectivity index (χ4n) is 2.09. The summed E-state index contributed by atoms with van der Waals surface area (Å²) in [6, 6.07) is 11.0. The van der Waals surface area contributed by atoms with Crippen LogP contribution in [0.5, 0.6) is 5.75 Å². The first-order chi connectivity index (χ1) is 10.1. The van der Waals surface area contributed by atoms with Crippen molar-refractivity contribution in [1.29, 1.82) is 0 Å². The van der Waals surface area contributed by atoms with E-state index in [9.17, 15) is 9.90 Å². The number of fused-ring (bicyclic) bond motifs is 1. The van der Waals surface area contributed by atoms with Crippen molar-refractivity contribution in [2.24, 2.45) is 0 Å². The molecular formula is C15H12ClNO3S. The van der Waals surface area contributed by atoms with Crippen molar-refractivity contribution in [3.63, 3.8) is 0 Å². The normalized spacial score (nSPS) is 16.5. The second-order valence-electron chi connectivity index (χ2n) is 4.54. The molecule has 2 aromatic rings. The van der Waals surface area contributed by atoms with Crippen LogP contribution in [-0.2, 0) is 4.79 Å². The zero-order valence-corrected chi connectivity index (χ0v) is 12.7. The molecule has 21 heavy (non-hydrogen) atoms. The lowest BCUT2D eigenvalue weighted by atomic mass is 10.1. The molecule has 1 unspecified atom stereocenters. The number of aliphatic hydroxyl groups excluding tert-OH is 1. The number of rotatable bonds is 3. The largest absolute Gasteiger partial charge is 0.497 e. The van der Waals surface area contributed by atoms with E-state index in [2.05, 4.69) is 5.32 Å². The summed E-state index contributed by atoms with van der Waals surface area (Å²) in [4.78, 5) is 13.3. The molecule has 0 saturated heterocycles. The molecule has 1 aliphatic rings. The summed E-state index contributed by atoms with van der Waals surface area (Å²) >= 11 is 7.72. The minimum Gasteiger partial charge on any atom is -0.497 e. The highest BCUT2D eigenvalue weighted by Crippen LogP contribution is 2.41. The Morgan fingerprint density at radius 2 is 2.00 bits per heavy atom. The number of hydrogen-bond donors (Lipinski definition) is 2. The van der Waals surface area contributed by atoms with Crippen LogP contribution in [0, 0.1) is 0 Å². The van der Waals surface area contributed by atoms with Gasteiger partial charge in [0.2, 0.25) is 0 Å². The molecule has 1 heterocycles. The van der Waals surface area contributed by atoms with Crippen LogP contribution in [0.3, 0.4) is 0 Å². The monoisotopic (exact) mass is 321 g/mol. The third-order valence-corrected chi connectivity index (χ3v) is 4.68. The average Bonchev–Trinajstić information content (AvgIpc) is 2.75.